The molecule has 0 atom stereocenters. The molecule has 0 radical (unpaired) electrons. The van der Waals surface area contributed by atoms with Crippen LogP contribution in [-0.4, -0.2) is 17.4 Å². The smallest absolute Gasteiger partial charge is 0.222 e. The summed E-state index contributed by atoms with van der Waals surface area (Å²) in [4.78, 5) is 15.8. The van der Waals surface area contributed by atoms with Crippen molar-refractivity contribution in [2.45, 2.75) is 40.0 Å². The van der Waals surface area contributed by atoms with Gasteiger partial charge in [0, 0.05) is 24.3 Å². The second-order valence-corrected chi connectivity index (χ2v) is 5.46. The van der Waals surface area contributed by atoms with E-state index in [1.807, 2.05) is 13.8 Å². The number of hydrogen-bond acceptors (Lipinski definition) is 3. The fourth-order valence-electron chi connectivity index (χ4n) is 1.20. The molecule has 0 spiro atoms. The summed E-state index contributed by atoms with van der Waals surface area (Å²) in [6.45, 7) is 8.76. The minimum atomic E-state index is 0.0579. The van der Waals surface area contributed by atoms with Crippen LogP contribution < -0.4 is 5.32 Å². The molecule has 1 N–H and O–H groups in total. The number of nitrogens with zero attached hydrogens (tertiary/aromatic N) is 1. The molecule has 0 aliphatic rings. The highest BCUT2D eigenvalue weighted by atomic mass is 32.1. The molecular formula is C12H20N2OS. The highest BCUT2D eigenvalue weighted by molar-refractivity contribution is 7.09. The van der Waals surface area contributed by atoms with Gasteiger partial charge in [-0.3, -0.25) is 4.79 Å². The van der Waals surface area contributed by atoms with Gasteiger partial charge in [-0.25, -0.2) is 4.98 Å². The average Bonchev–Trinajstić information content (AvgIpc) is 2.66. The van der Waals surface area contributed by atoms with Gasteiger partial charge in [0.15, 0.2) is 0 Å². The Kier molecular flexibility index (Phi) is 4.93. The largest absolute Gasteiger partial charge is 0.355 e. The molecule has 1 heterocycles. The fourth-order valence-corrected chi connectivity index (χ4v) is 2.16. The summed E-state index contributed by atoms with van der Waals surface area (Å²) < 4.78 is 0. The van der Waals surface area contributed by atoms with Gasteiger partial charge in [0.2, 0.25) is 5.91 Å². The van der Waals surface area contributed by atoms with Gasteiger partial charge < -0.3 is 5.32 Å². The highest BCUT2D eigenvalue weighted by Crippen LogP contribution is 2.17. The second kappa shape index (κ2) is 5.99. The second-order valence-electron chi connectivity index (χ2n) is 4.52. The number of thiazole rings is 1. The minimum absolute atomic E-state index is 0.0579. The van der Waals surface area contributed by atoms with Gasteiger partial charge in [0.1, 0.15) is 0 Å². The van der Waals surface area contributed by atoms with Gasteiger partial charge >= 0.3 is 0 Å². The van der Waals surface area contributed by atoms with Crippen molar-refractivity contribution in [3.05, 3.63) is 16.1 Å². The predicted octanol–water partition coefficient (Wildman–Crippen LogP) is 2.58. The first-order valence-corrected chi connectivity index (χ1v) is 6.60. The Morgan fingerprint density at radius 1 is 1.44 bits per heavy atom. The van der Waals surface area contributed by atoms with Crippen LogP contribution in [0.5, 0.6) is 0 Å². The maximum atomic E-state index is 11.3. The van der Waals surface area contributed by atoms with E-state index >= 15 is 0 Å². The lowest BCUT2D eigenvalue weighted by Crippen LogP contribution is -2.29. The zero-order valence-corrected chi connectivity index (χ0v) is 11.2. The van der Waals surface area contributed by atoms with E-state index in [0.717, 1.165) is 17.1 Å². The first-order chi connectivity index (χ1) is 7.50. The summed E-state index contributed by atoms with van der Waals surface area (Å²) >= 11 is 1.68. The lowest BCUT2D eigenvalue weighted by molar-refractivity contribution is -0.123. The van der Waals surface area contributed by atoms with E-state index in [4.69, 9.17) is 0 Å². The lowest BCUT2D eigenvalue weighted by Gasteiger charge is -2.05. The van der Waals surface area contributed by atoms with Crippen LogP contribution in [0.1, 0.15) is 44.3 Å². The standard InChI is InChI=1S/C12H20N2OS/c1-8(2)10-7-16-11(14-10)5-6-13-12(15)9(3)4/h7-9H,5-6H2,1-4H3,(H,13,15). The summed E-state index contributed by atoms with van der Waals surface area (Å²) in [7, 11) is 0. The van der Waals surface area contributed by atoms with E-state index in [1.54, 1.807) is 11.3 Å². The van der Waals surface area contributed by atoms with Crippen LogP contribution in [0.25, 0.3) is 0 Å². The minimum Gasteiger partial charge on any atom is -0.355 e. The molecular weight excluding hydrogens is 220 g/mol. The van der Waals surface area contributed by atoms with Crippen molar-refractivity contribution in [1.82, 2.24) is 10.3 Å². The molecule has 4 heteroatoms. The molecule has 0 bridgehead atoms. The number of aromatic nitrogens is 1. The Balaban J connectivity index is 2.35. The monoisotopic (exact) mass is 240 g/mol. The maximum absolute atomic E-state index is 11.3. The van der Waals surface area contributed by atoms with Crippen molar-refractivity contribution < 1.29 is 4.79 Å². The van der Waals surface area contributed by atoms with Crippen LogP contribution in [0.15, 0.2) is 5.38 Å². The normalized spacial score (nSPS) is 11.1. The Morgan fingerprint density at radius 3 is 2.62 bits per heavy atom. The Morgan fingerprint density at radius 2 is 2.12 bits per heavy atom. The van der Waals surface area contributed by atoms with Crippen LogP contribution in [0.3, 0.4) is 0 Å². The molecule has 0 unspecified atom stereocenters. The van der Waals surface area contributed by atoms with Crippen LogP contribution in [0, 0.1) is 5.92 Å². The van der Waals surface area contributed by atoms with Crippen LogP contribution >= 0.6 is 11.3 Å². The molecule has 1 aromatic heterocycles. The Labute approximate surface area is 101 Å². The van der Waals surface area contributed by atoms with Crippen molar-refractivity contribution in [3.8, 4) is 0 Å². The predicted molar refractivity (Wildman–Crippen MR) is 67.8 cm³/mol. The molecule has 0 saturated carbocycles. The number of hydrogen-bond donors (Lipinski definition) is 1. The highest BCUT2D eigenvalue weighted by Gasteiger charge is 2.08. The third-order valence-electron chi connectivity index (χ3n) is 2.32. The topological polar surface area (TPSA) is 42.0 Å². The van der Waals surface area contributed by atoms with E-state index in [2.05, 4.69) is 29.5 Å². The first-order valence-electron chi connectivity index (χ1n) is 5.72. The quantitative estimate of drug-likeness (QED) is 0.859. The van der Waals surface area contributed by atoms with Crippen molar-refractivity contribution in [1.29, 1.82) is 0 Å². The molecule has 0 aromatic carbocycles. The van der Waals surface area contributed by atoms with Gasteiger partial charge in [-0.1, -0.05) is 27.7 Å². The van der Waals surface area contributed by atoms with Crippen molar-refractivity contribution >= 4 is 17.2 Å². The van der Waals surface area contributed by atoms with Crippen LogP contribution in [0.2, 0.25) is 0 Å². The summed E-state index contributed by atoms with van der Waals surface area (Å²) in [6.07, 6.45) is 0.829. The molecule has 90 valence electrons. The number of rotatable bonds is 5. The zero-order chi connectivity index (χ0) is 12.1. The van der Waals surface area contributed by atoms with Crippen molar-refractivity contribution in [3.63, 3.8) is 0 Å². The van der Waals surface area contributed by atoms with Crippen molar-refractivity contribution in [2.24, 2.45) is 5.92 Å². The molecule has 0 fully saturated rings. The van der Waals surface area contributed by atoms with E-state index in [1.165, 1.54) is 0 Å². The average molecular weight is 240 g/mol. The molecule has 3 nitrogen and oxygen atoms in total. The number of carbonyl (C=O) groups excluding carboxylic acids is 1. The summed E-state index contributed by atoms with van der Waals surface area (Å²) in [5.74, 6) is 0.651. The summed E-state index contributed by atoms with van der Waals surface area (Å²) in [5, 5.41) is 6.10. The van der Waals surface area contributed by atoms with Crippen LogP contribution in [-0.2, 0) is 11.2 Å². The van der Waals surface area contributed by atoms with Gasteiger partial charge in [-0.15, -0.1) is 11.3 Å². The van der Waals surface area contributed by atoms with Crippen molar-refractivity contribution in [2.75, 3.05) is 6.54 Å². The van der Waals surface area contributed by atoms with Gasteiger partial charge in [-0.2, -0.15) is 0 Å². The third-order valence-corrected chi connectivity index (χ3v) is 3.25. The molecule has 1 amide bonds. The first kappa shape index (κ1) is 13.2. The van der Waals surface area contributed by atoms with Gasteiger partial charge in [0.05, 0.1) is 10.7 Å². The number of carbonyl (C=O) groups is 1. The summed E-state index contributed by atoms with van der Waals surface area (Å²) in [5.41, 5.74) is 1.15. The molecule has 1 rings (SSSR count). The lowest BCUT2D eigenvalue weighted by atomic mass is 10.2. The van der Waals surface area contributed by atoms with E-state index in [0.29, 0.717) is 12.5 Å². The molecule has 16 heavy (non-hydrogen) atoms. The summed E-state index contributed by atoms with van der Waals surface area (Å²) in [6, 6.07) is 0. The van der Waals surface area contributed by atoms with Gasteiger partial charge in [-0.05, 0) is 5.92 Å². The molecule has 0 aliphatic heterocycles. The SMILES string of the molecule is CC(C)C(=O)NCCc1nc(C(C)C)cs1. The van der Waals surface area contributed by atoms with Crippen LogP contribution in [0.4, 0.5) is 0 Å². The maximum Gasteiger partial charge on any atom is 0.222 e. The zero-order valence-electron chi connectivity index (χ0n) is 10.4. The number of amides is 1. The Hall–Kier alpha value is -0.900. The van der Waals surface area contributed by atoms with E-state index in [-0.39, 0.29) is 11.8 Å². The molecule has 0 saturated heterocycles. The van der Waals surface area contributed by atoms with E-state index < -0.39 is 0 Å². The number of nitrogens with one attached hydrogen (secondary N) is 1. The molecule has 0 aliphatic carbocycles. The third kappa shape index (κ3) is 3.93. The molecule has 1 aromatic rings. The van der Waals surface area contributed by atoms with E-state index in [9.17, 15) is 4.79 Å². The fraction of sp³-hybridized carbons (Fsp3) is 0.667. The Bertz CT molecular complexity index is 345. The van der Waals surface area contributed by atoms with Gasteiger partial charge in [0.25, 0.3) is 0 Å².